The van der Waals surface area contributed by atoms with Crippen LogP contribution in [0.2, 0.25) is 0 Å². The van der Waals surface area contributed by atoms with Gasteiger partial charge in [0, 0.05) is 6.54 Å². The first kappa shape index (κ1) is 15.3. The minimum Gasteiger partial charge on any atom is -0.352 e. The molecule has 2 unspecified atom stereocenters. The minimum atomic E-state index is -1.22. The first-order valence-electron chi connectivity index (χ1n) is 6.81. The molecule has 114 valence electrons. The molecule has 1 amide bonds. The number of nitro benzene ring substituents is 1. The Kier molecular flexibility index (Phi) is 4.50. The topological polar surface area (TPSA) is 72.2 Å². The summed E-state index contributed by atoms with van der Waals surface area (Å²) in [5, 5.41) is 13.1. The predicted molar refractivity (Wildman–Crippen MR) is 71.9 cm³/mol. The maximum Gasteiger partial charge on any atom is 0.307 e. The smallest absolute Gasteiger partial charge is 0.307 e. The Labute approximate surface area is 120 Å². The molecule has 2 rings (SSSR count). The van der Waals surface area contributed by atoms with E-state index in [1.54, 1.807) is 0 Å². The number of nitro groups is 1. The molecule has 7 heteroatoms. The van der Waals surface area contributed by atoms with Crippen LogP contribution in [0.5, 0.6) is 0 Å². The molecule has 1 aromatic carbocycles. The van der Waals surface area contributed by atoms with Gasteiger partial charge in [0.1, 0.15) is 5.82 Å². The van der Waals surface area contributed by atoms with Gasteiger partial charge in [-0.15, -0.1) is 0 Å². The van der Waals surface area contributed by atoms with Gasteiger partial charge in [-0.3, -0.25) is 14.9 Å². The zero-order chi connectivity index (χ0) is 15.6. The summed E-state index contributed by atoms with van der Waals surface area (Å²) in [6, 6.07) is 1.00. The molecule has 5 nitrogen and oxygen atoms in total. The molecule has 1 aromatic rings. The van der Waals surface area contributed by atoms with Crippen molar-refractivity contribution in [3.63, 3.8) is 0 Å². The maximum absolute atomic E-state index is 13.7. The summed E-state index contributed by atoms with van der Waals surface area (Å²) < 4.78 is 27.1. The van der Waals surface area contributed by atoms with Crippen LogP contribution in [-0.4, -0.2) is 17.4 Å². The Morgan fingerprint density at radius 2 is 2.10 bits per heavy atom. The van der Waals surface area contributed by atoms with Crippen LogP contribution in [-0.2, 0) is 0 Å². The van der Waals surface area contributed by atoms with Crippen LogP contribution in [0.1, 0.15) is 36.5 Å². The number of nitrogens with one attached hydrogen (secondary N) is 1. The number of nitrogens with zero attached hydrogens (tertiary/aromatic N) is 1. The summed E-state index contributed by atoms with van der Waals surface area (Å²) in [6.45, 7) is 2.49. The van der Waals surface area contributed by atoms with E-state index in [1.807, 2.05) is 0 Å². The number of carbonyl (C=O) groups excluding carboxylic acids is 1. The van der Waals surface area contributed by atoms with E-state index in [0.717, 1.165) is 19.3 Å². The van der Waals surface area contributed by atoms with Crippen molar-refractivity contribution in [2.45, 2.75) is 26.2 Å². The summed E-state index contributed by atoms with van der Waals surface area (Å²) in [5.41, 5.74) is -1.49. The molecule has 2 atom stereocenters. The van der Waals surface area contributed by atoms with Gasteiger partial charge in [0.2, 0.25) is 5.82 Å². The first-order chi connectivity index (χ1) is 9.90. The van der Waals surface area contributed by atoms with E-state index in [-0.39, 0.29) is 0 Å². The van der Waals surface area contributed by atoms with E-state index in [1.165, 1.54) is 0 Å². The third-order valence-corrected chi connectivity index (χ3v) is 4.04. The third-order valence-electron chi connectivity index (χ3n) is 4.04. The van der Waals surface area contributed by atoms with Crippen molar-refractivity contribution in [2.75, 3.05) is 6.54 Å². The van der Waals surface area contributed by atoms with Gasteiger partial charge >= 0.3 is 5.69 Å². The second-order valence-electron chi connectivity index (χ2n) is 5.42. The maximum atomic E-state index is 13.7. The second kappa shape index (κ2) is 6.15. The summed E-state index contributed by atoms with van der Waals surface area (Å²) in [6.07, 6.45) is 3.20. The van der Waals surface area contributed by atoms with Crippen molar-refractivity contribution in [1.29, 1.82) is 0 Å². The fourth-order valence-corrected chi connectivity index (χ4v) is 2.69. The molecule has 0 saturated heterocycles. The monoisotopic (exact) mass is 298 g/mol. The number of carbonyl (C=O) groups is 1. The Balaban J connectivity index is 2.09. The van der Waals surface area contributed by atoms with Gasteiger partial charge in [0.05, 0.1) is 16.6 Å². The highest BCUT2D eigenvalue weighted by molar-refractivity contribution is 5.94. The zero-order valence-electron chi connectivity index (χ0n) is 11.6. The van der Waals surface area contributed by atoms with Gasteiger partial charge in [-0.05, 0) is 24.3 Å². The van der Waals surface area contributed by atoms with Gasteiger partial charge in [-0.25, -0.2) is 4.39 Å². The Morgan fingerprint density at radius 3 is 2.67 bits per heavy atom. The highest BCUT2D eigenvalue weighted by Crippen LogP contribution is 2.30. The van der Waals surface area contributed by atoms with E-state index in [0.29, 0.717) is 30.5 Å². The summed E-state index contributed by atoms with van der Waals surface area (Å²) in [7, 11) is 0. The largest absolute Gasteiger partial charge is 0.352 e. The van der Waals surface area contributed by atoms with Crippen LogP contribution in [0.25, 0.3) is 0 Å². The van der Waals surface area contributed by atoms with Crippen LogP contribution >= 0.6 is 0 Å². The van der Waals surface area contributed by atoms with Gasteiger partial charge in [0.15, 0.2) is 0 Å². The molecule has 0 bridgehead atoms. The molecule has 0 aliphatic heterocycles. The van der Waals surface area contributed by atoms with Crippen molar-refractivity contribution < 1.29 is 18.5 Å². The fraction of sp³-hybridized carbons (Fsp3) is 0.500. The SMILES string of the molecule is CC1CCCC1CNC(=O)c1cc(F)c([N+](=O)[O-])cc1F. The molecular formula is C14H16F2N2O3. The summed E-state index contributed by atoms with van der Waals surface area (Å²) in [5.74, 6) is -2.25. The molecule has 0 radical (unpaired) electrons. The zero-order valence-corrected chi connectivity index (χ0v) is 11.6. The average molecular weight is 298 g/mol. The first-order valence-corrected chi connectivity index (χ1v) is 6.81. The molecule has 0 spiro atoms. The van der Waals surface area contributed by atoms with E-state index < -0.39 is 33.7 Å². The average Bonchev–Trinajstić information content (AvgIpc) is 2.83. The number of rotatable bonds is 4. The van der Waals surface area contributed by atoms with Gasteiger partial charge in [-0.2, -0.15) is 4.39 Å². The molecule has 1 aliphatic rings. The van der Waals surface area contributed by atoms with Crippen molar-refractivity contribution in [1.82, 2.24) is 5.32 Å². The normalized spacial score (nSPS) is 21.3. The number of amides is 1. The van der Waals surface area contributed by atoms with Gasteiger partial charge < -0.3 is 5.32 Å². The second-order valence-corrected chi connectivity index (χ2v) is 5.42. The molecule has 1 aliphatic carbocycles. The highest BCUT2D eigenvalue weighted by Gasteiger charge is 2.25. The lowest BCUT2D eigenvalue weighted by Crippen LogP contribution is -2.31. The molecule has 21 heavy (non-hydrogen) atoms. The highest BCUT2D eigenvalue weighted by atomic mass is 19.1. The quantitative estimate of drug-likeness (QED) is 0.686. The molecule has 0 heterocycles. The van der Waals surface area contributed by atoms with E-state index in [2.05, 4.69) is 12.2 Å². The Bertz CT molecular complexity index is 578. The van der Waals surface area contributed by atoms with Crippen LogP contribution in [0, 0.1) is 33.6 Å². The lowest BCUT2D eigenvalue weighted by atomic mass is 9.98. The fourth-order valence-electron chi connectivity index (χ4n) is 2.69. The van der Waals surface area contributed by atoms with Crippen LogP contribution in [0.3, 0.4) is 0 Å². The lowest BCUT2D eigenvalue weighted by Gasteiger charge is -2.16. The van der Waals surface area contributed by atoms with Gasteiger partial charge in [-0.1, -0.05) is 19.8 Å². The van der Waals surface area contributed by atoms with Crippen molar-refractivity contribution >= 4 is 11.6 Å². The number of hydrogen-bond donors (Lipinski definition) is 1. The molecule has 1 saturated carbocycles. The van der Waals surface area contributed by atoms with Crippen LogP contribution in [0.4, 0.5) is 14.5 Å². The lowest BCUT2D eigenvalue weighted by molar-refractivity contribution is -0.387. The Morgan fingerprint density at radius 1 is 1.38 bits per heavy atom. The van der Waals surface area contributed by atoms with Gasteiger partial charge in [0.25, 0.3) is 5.91 Å². The molecule has 1 fully saturated rings. The van der Waals surface area contributed by atoms with E-state index in [4.69, 9.17) is 0 Å². The van der Waals surface area contributed by atoms with Crippen molar-refractivity contribution in [3.05, 3.63) is 39.4 Å². The van der Waals surface area contributed by atoms with E-state index in [9.17, 15) is 23.7 Å². The minimum absolute atomic E-state index is 0.333. The van der Waals surface area contributed by atoms with Crippen LogP contribution in [0.15, 0.2) is 12.1 Å². The van der Waals surface area contributed by atoms with Crippen LogP contribution < -0.4 is 5.32 Å². The molecular weight excluding hydrogens is 282 g/mol. The van der Waals surface area contributed by atoms with Crippen molar-refractivity contribution in [3.8, 4) is 0 Å². The molecule has 0 aromatic heterocycles. The standard InChI is InChI=1S/C14H16F2N2O3/c1-8-3-2-4-9(8)7-17-14(19)10-5-12(16)13(18(20)21)6-11(10)15/h5-6,8-9H,2-4,7H2,1H3,(H,17,19). The van der Waals surface area contributed by atoms with Crippen molar-refractivity contribution in [2.24, 2.45) is 11.8 Å². The third kappa shape index (κ3) is 3.34. The predicted octanol–water partition coefficient (Wildman–Crippen LogP) is 3.04. The summed E-state index contributed by atoms with van der Waals surface area (Å²) >= 11 is 0. The Hall–Kier alpha value is -2.05. The number of halogens is 2. The number of benzene rings is 1. The molecule has 1 N–H and O–H groups in total. The summed E-state index contributed by atoms with van der Waals surface area (Å²) in [4.78, 5) is 21.3. The van der Waals surface area contributed by atoms with E-state index >= 15 is 0 Å². The number of hydrogen-bond acceptors (Lipinski definition) is 3.